The summed E-state index contributed by atoms with van der Waals surface area (Å²) in [5.74, 6) is 1.50. The quantitative estimate of drug-likeness (QED) is 0.309. The average molecular weight is 537 g/mol. The summed E-state index contributed by atoms with van der Waals surface area (Å²) in [5.41, 5.74) is 2.28. The van der Waals surface area contributed by atoms with Crippen molar-refractivity contribution >= 4 is 12.0 Å². The molecule has 7 aliphatic rings. The fourth-order valence-electron chi connectivity index (χ4n) is 9.04. The van der Waals surface area contributed by atoms with Crippen molar-refractivity contribution in [3.63, 3.8) is 0 Å². The van der Waals surface area contributed by atoms with Gasteiger partial charge < -0.3 is 19.9 Å². The number of hydrogen-bond acceptors (Lipinski definition) is 5. The van der Waals surface area contributed by atoms with E-state index in [9.17, 15) is 9.90 Å². The predicted octanol–water partition coefficient (Wildman–Crippen LogP) is 4.53. The van der Waals surface area contributed by atoms with Crippen molar-refractivity contribution in [1.82, 2.24) is 10.2 Å². The van der Waals surface area contributed by atoms with Gasteiger partial charge in [-0.1, -0.05) is 66.8 Å². The maximum atomic E-state index is 13.3. The number of ether oxygens (including phenoxy) is 2. The van der Waals surface area contributed by atoms with Gasteiger partial charge in [-0.05, 0) is 61.8 Å². The molecular weight excluding hydrogens is 500 g/mol. The van der Waals surface area contributed by atoms with Gasteiger partial charge in [-0.15, -0.1) is 0 Å². The number of amides is 1. The van der Waals surface area contributed by atoms with E-state index in [1.54, 1.807) is 25.3 Å². The first kappa shape index (κ1) is 24.4. The van der Waals surface area contributed by atoms with Gasteiger partial charge in [0.05, 0.1) is 11.5 Å². The van der Waals surface area contributed by atoms with Crippen LogP contribution in [0.3, 0.4) is 0 Å². The first-order valence-corrected chi connectivity index (χ1v) is 14.7. The Bertz CT molecular complexity index is 1460. The first-order chi connectivity index (χ1) is 19.5. The lowest BCUT2D eigenvalue weighted by Gasteiger charge is -2.71. The molecule has 1 saturated heterocycles. The summed E-state index contributed by atoms with van der Waals surface area (Å²) in [6.07, 6.45) is 16.9. The van der Waals surface area contributed by atoms with Gasteiger partial charge in [0, 0.05) is 36.8 Å². The smallest absolute Gasteiger partial charge is 0.244 e. The van der Waals surface area contributed by atoms with Crippen LogP contribution in [-0.4, -0.2) is 59.9 Å². The molecule has 9 rings (SSSR count). The molecule has 4 bridgehead atoms. The number of fused-ring (bicyclic) bond motifs is 1. The lowest BCUT2D eigenvalue weighted by Crippen LogP contribution is -2.82. The summed E-state index contributed by atoms with van der Waals surface area (Å²) in [5, 5.41) is 14.3. The number of nitrogens with zero attached hydrogens (tertiary/aromatic N) is 1. The summed E-state index contributed by atoms with van der Waals surface area (Å²) in [6.45, 7) is 2.17. The molecule has 2 spiro atoms. The van der Waals surface area contributed by atoms with Gasteiger partial charge in [0.2, 0.25) is 5.91 Å². The summed E-state index contributed by atoms with van der Waals surface area (Å²) in [6, 6.07) is 14.0. The van der Waals surface area contributed by atoms with E-state index >= 15 is 0 Å². The Labute approximate surface area is 235 Å². The number of carbonyl (C=O) groups is 1. The first-order valence-electron chi connectivity index (χ1n) is 14.7. The number of methoxy groups -OCH3 is 1. The number of carbonyl (C=O) groups excluding carboxylic acids is 1. The van der Waals surface area contributed by atoms with E-state index in [2.05, 4.69) is 28.4 Å². The van der Waals surface area contributed by atoms with Crippen molar-refractivity contribution in [2.75, 3.05) is 20.2 Å². The fourth-order valence-corrected chi connectivity index (χ4v) is 9.04. The average Bonchev–Trinajstić information content (AvgIpc) is 3.71. The highest BCUT2D eigenvalue weighted by Gasteiger charge is 2.79. The molecular formula is C34H36N2O4. The molecule has 2 N–H and O–H groups in total. The third-order valence-corrected chi connectivity index (χ3v) is 10.9. The molecule has 2 aromatic carbocycles. The van der Waals surface area contributed by atoms with Gasteiger partial charge in [0.1, 0.15) is 11.7 Å². The Morgan fingerprint density at radius 2 is 2.02 bits per heavy atom. The molecule has 5 aliphatic carbocycles. The zero-order valence-corrected chi connectivity index (χ0v) is 22.9. The highest BCUT2D eigenvalue weighted by Crippen LogP contribution is 2.73. The zero-order valence-electron chi connectivity index (χ0n) is 22.9. The van der Waals surface area contributed by atoms with Crippen LogP contribution >= 0.6 is 0 Å². The Balaban J connectivity index is 1.16. The maximum Gasteiger partial charge on any atom is 0.244 e. The van der Waals surface area contributed by atoms with E-state index in [0.717, 1.165) is 43.8 Å². The molecule has 0 radical (unpaired) electrons. The van der Waals surface area contributed by atoms with E-state index in [-0.39, 0.29) is 34.6 Å². The summed E-state index contributed by atoms with van der Waals surface area (Å²) >= 11 is 0. The highest BCUT2D eigenvalue weighted by atomic mass is 16.6. The lowest BCUT2D eigenvalue weighted by molar-refractivity contribution is -0.203. The maximum absolute atomic E-state index is 13.3. The van der Waals surface area contributed by atoms with E-state index in [0.29, 0.717) is 11.8 Å². The number of nitrogens with one attached hydrogen (secondary N) is 1. The summed E-state index contributed by atoms with van der Waals surface area (Å²) < 4.78 is 13.2. The van der Waals surface area contributed by atoms with Crippen LogP contribution in [0, 0.1) is 11.3 Å². The Hall–Kier alpha value is -3.35. The molecule has 2 aliphatic heterocycles. The van der Waals surface area contributed by atoms with Gasteiger partial charge in [0.15, 0.2) is 11.5 Å². The molecule has 6 heteroatoms. The highest BCUT2D eigenvalue weighted by molar-refractivity contribution is 5.88. The number of phenols is 1. The standard InChI is InChI=1S/C34H36N2O4/c1-39-34-16-15-32(20-26(34)35-28(38)10-6-5-9-22-7-3-2-4-8-22)27-19-24-13-14-25(37)30-29(24)33(32,31(34)40-30)17-18-36(27)21-23-11-12-23/h2-10,13-16,23,26-27,31,37H,11-12,17-21H2,1H3,(H,35,38)/t26?,27-,31?,32-,33+,34-/m1/s1. The van der Waals surface area contributed by atoms with Crippen LogP contribution in [0.4, 0.5) is 0 Å². The predicted molar refractivity (Wildman–Crippen MR) is 153 cm³/mol. The molecule has 6 atom stereocenters. The Morgan fingerprint density at radius 3 is 2.83 bits per heavy atom. The van der Waals surface area contributed by atoms with Crippen LogP contribution in [-0.2, 0) is 21.4 Å². The summed E-state index contributed by atoms with van der Waals surface area (Å²) in [7, 11) is 1.73. The van der Waals surface area contributed by atoms with Crippen LogP contribution in [0.15, 0.2) is 72.8 Å². The Kier molecular flexibility index (Phi) is 5.24. The molecule has 2 heterocycles. The summed E-state index contributed by atoms with van der Waals surface area (Å²) in [4.78, 5) is 16.0. The normalized spacial score (nSPS) is 36.7. The number of phenolic OH excluding ortho intramolecular Hbond substituents is 1. The second-order valence-electron chi connectivity index (χ2n) is 12.7. The molecule has 1 amide bonds. The second kappa shape index (κ2) is 8.58. The third-order valence-electron chi connectivity index (χ3n) is 10.9. The number of benzene rings is 2. The van der Waals surface area contributed by atoms with Crippen molar-refractivity contribution in [3.05, 3.63) is 89.5 Å². The molecule has 206 valence electrons. The number of allylic oxidation sites excluding steroid dienone is 2. The zero-order chi connectivity index (χ0) is 27.1. The number of hydrogen-bond donors (Lipinski definition) is 2. The molecule has 3 fully saturated rings. The van der Waals surface area contributed by atoms with Crippen molar-refractivity contribution in [2.24, 2.45) is 11.3 Å². The molecule has 0 aromatic heterocycles. The van der Waals surface area contributed by atoms with Gasteiger partial charge in [-0.25, -0.2) is 0 Å². The fraction of sp³-hybridized carbons (Fsp3) is 0.441. The monoisotopic (exact) mass is 536 g/mol. The van der Waals surface area contributed by atoms with Crippen LogP contribution in [0.5, 0.6) is 11.5 Å². The van der Waals surface area contributed by atoms with Gasteiger partial charge >= 0.3 is 0 Å². The van der Waals surface area contributed by atoms with Gasteiger partial charge in [-0.3, -0.25) is 9.69 Å². The van der Waals surface area contributed by atoms with Crippen molar-refractivity contribution < 1.29 is 19.4 Å². The van der Waals surface area contributed by atoms with E-state index in [1.165, 1.54) is 24.0 Å². The number of likely N-dealkylation sites (tertiary alicyclic amines) is 1. The largest absolute Gasteiger partial charge is 0.504 e. The van der Waals surface area contributed by atoms with E-state index in [4.69, 9.17) is 9.47 Å². The molecule has 40 heavy (non-hydrogen) atoms. The third kappa shape index (κ3) is 3.15. The number of rotatable bonds is 7. The van der Waals surface area contributed by atoms with Gasteiger partial charge in [-0.2, -0.15) is 0 Å². The molecule has 6 nitrogen and oxygen atoms in total. The van der Waals surface area contributed by atoms with Crippen molar-refractivity contribution in [3.8, 4) is 11.5 Å². The Morgan fingerprint density at radius 1 is 1.18 bits per heavy atom. The minimum Gasteiger partial charge on any atom is -0.504 e. The second-order valence-corrected chi connectivity index (χ2v) is 12.7. The van der Waals surface area contributed by atoms with Crippen molar-refractivity contribution in [1.29, 1.82) is 0 Å². The van der Waals surface area contributed by atoms with Crippen molar-refractivity contribution in [2.45, 2.75) is 61.3 Å². The number of piperidine rings is 1. The topological polar surface area (TPSA) is 71.0 Å². The van der Waals surface area contributed by atoms with Crippen LogP contribution in [0.2, 0.25) is 0 Å². The molecule has 2 saturated carbocycles. The lowest BCUT2D eigenvalue weighted by atomic mass is 9.38. The molecule has 2 aromatic rings. The van der Waals surface area contributed by atoms with Gasteiger partial charge in [0.25, 0.3) is 0 Å². The van der Waals surface area contributed by atoms with E-state index in [1.807, 2.05) is 42.5 Å². The minimum absolute atomic E-state index is 0.139. The van der Waals surface area contributed by atoms with Crippen LogP contribution < -0.4 is 10.1 Å². The molecule has 2 unspecified atom stereocenters. The minimum atomic E-state index is -0.825. The van der Waals surface area contributed by atoms with Crippen LogP contribution in [0.25, 0.3) is 6.08 Å². The van der Waals surface area contributed by atoms with Crippen LogP contribution in [0.1, 0.15) is 42.4 Å². The SMILES string of the molecule is CO[C@]12C=C[C@@]3(CC1NC(=O)C=CC=Cc1ccccc1)[C@H]1Cc4ccc(O)c5c4[C@@]3(CCN1CC1CC1)C2O5. The number of aromatic hydroxyl groups is 1. The van der Waals surface area contributed by atoms with E-state index < -0.39 is 5.60 Å².